The number of allylic oxidation sites excluding steroid dienone is 1. The van der Waals surface area contributed by atoms with Crippen molar-refractivity contribution in [1.82, 2.24) is 0 Å². The molecule has 3 aliphatic carbocycles. The molecule has 154 valence electrons. The second kappa shape index (κ2) is 5.58. The molecule has 0 unspecified atom stereocenters. The van der Waals surface area contributed by atoms with Gasteiger partial charge in [-0.2, -0.15) is 0 Å². The van der Waals surface area contributed by atoms with Crippen molar-refractivity contribution in [3.05, 3.63) is 12.2 Å². The van der Waals surface area contributed by atoms with Gasteiger partial charge >= 0.3 is 11.9 Å². The quantitative estimate of drug-likeness (QED) is 0.503. The highest BCUT2D eigenvalue weighted by molar-refractivity contribution is 5.86. The van der Waals surface area contributed by atoms with Gasteiger partial charge in [0.2, 0.25) is 5.60 Å². The summed E-state index contributed by atoms with van der Waals surface area (Å²) < 4.78 is 16.7. The maximum Gasteiger partial charge on any atom is 0.342 e. The summed E-state index contributed by atoms with van der Waals surface area (Å²) in [6.45, 7) is 4.46. The number of hydrogen-bond donors (Lipinski definition) is 2. The SMILES string of the molecule is COC(=O)[C@@]12OC[C@@]34C=C[C@H]5[C@H](C)[C@@H](O)CC[C@]5(C)[C@H]3[C@@H](O)[C@@H]1OC(=O)C[C@H]42. The van der Waals surface area contributed by atoms with Crippen LogP contribution in [0.4, 0.5) is 0 Å². The van der Waals surface area contributed by atoms with Crippen molar-refractivity contribution < 1.29 is 34.0 Å². The Bertz CT molecular complexity index is 764. The van der Waals surface area contributed by atoms with E-state index in [2.05, 4.69) is 26.0 Å². The van der Waals surface area contributed by atoms with Crippen LogP contribution < -0.4 is 0 Å². The Hall–Kier alpha value is -1.44. The maximum absolute atomic E-state index is 12.8. The number of rotatable bonds is 1. The Labute approximate surface area is 164 Å². The normalized spacial score (nSPS) is 56.5. The highest BCUT2D eigenvalue weighted by atomic mass is 16.6. The van der Waals surface area contributed by atoms with Gasteiger partial charge in [0.1, 0.15) is 0 Å². The Balaban J connectivity index is 1.70. The molecule has 4 bridgehead atoms. The van der Waals surface area contributed by atoms with E-state index >= 15 is 0 Å². The summed E-state index contributed by atoms with van der Waals surface area (Å²) in [4.78, 5) is 25.2. The number of aliphatic hydroxyl groups excluding tert-OH is 2. The minimum Gasteiger partial charge on any atom is -0.467 e. The van der Waals surface area contributed by atoms with Gasteiger partial charge in [0.15, 0.2) is 6.10 Å². The van der Waals surface area contributed by atoms with E-state index in [4.69, 9.17) is 14.2 Å². The van der Waals surface area contributed by atoms with Gasteiger partial charge in [0, 0.05) is 17.3 Å². The molecule has 4 fully saturated rings. The average molecular weight is 392 g/mol. The molecular weight excluding hydrogens is 364 g/mol. The summed E-state index contributed by atoms with van der Waals surface area (Å²) in [5, 5.41) is 21.9. The highest BCUT2D eigenvalue weighted by Gasteiger charge is 2.80. The molecule has 28 heavy (non-hydrogen) atoms. The largest absolute Gasteiger partial charge is 0.467 e. The minimum atomic E-state index is -1.45. The zero-order valence-electron chi connectivity index (χ0n) is 16.5. The third kappa shape index (κ3) is 1.86. The zero-order chi connectivity index (χ0) is 20.1. The molecule has 5 rings (SSSR count). The second-order valence-electron chi connectivity index (χ2n) is 9.68. The molecule has 0 aromatic carbocycles. The standard InChI is InChI=1S/C21H28O7/c1-10-11-4-7-20-9-27-21(18(25)26-3)13(20)8-14(23)28-17(21)15(24)16(20)19(11,2)6-5-12(10)22/h4,7,10-13,15-17,22,24H,5-6,8-9H2,1-3H3/t10-,11-,12-,13+,15+,16+,17-,19-,20+,21-/m0/s1. The van der Waals surface area contributed by atoms with Crippen LogP contribution in [-0.4, -0.2) is 59.8 Å². The third-order valence-corrected chi connectivity index (χ3v) is 8.75. The van der Waals surface area contributed by atoms with Gasteiger partial charge in [-0.1, -0.05) is 26.0 Å². The van der Waals surface area contributed by atoms with Crippen LogP contribution in [0.25, 0.3) is 0 Å². The van der Waals surface area contributed by atoms with Crippen LogP contribution in [0.3, 0.4) is 0 Å². The van der Waals surface area contributed by atoms with E-state index < -0.39 is 41.1 Å². The first-order chi connectivity index (χ1) is 13.2. The van der Waals surface area contributed by atoms with E-state index in [1.807, 2.05) is 0 Å². The monoisotopic (exact) mass is 392 g/mol. The molecular formula is C21H28O7. The molecule has 7 nitrogen and oxygen atoms in total. The highest BCUT2D eigenvalue weighted by Crippen LogP contribution is 2.70. The molecule has 1 spiro atoms. The van der Waals surface area contributed by atoms with Crippen molar-refractivity contribution >= 4 is 11.9 Å². The second-order valence-corrected chi connectivity index (χ2v) is 9.68. The Kier molecular flexibility index (Phi) is 3.70. The lowest BCUT2D eigenvalue weighted by atomic mass is 9.40. The molecule has 0 aromatic rings. The number of methoxy groups -OCH3 is 1. The van der Waals surface area contributed by atoms with Crippen LogP contribution in [0.15, 0.2) is 12.2 Å². The third-order valence-electron chi connectivity index (χ3n) is 8.75. The Morgan fingerprint density at radius 2 is 2.11 bits per heavy atom. The van der Waals surface area contributed by atoms with Crippen molar-refractivity contribution in [3.8, 4) is 0 Å². The number of aliphatic hydroxyl groups is 2. The first-order valence-electron chi connectivity index (χ1n) is 10.2. The summed E-state index contributed by atoms with van der Waals surface area (Å²) in [5.74, 6) is -1.49. The van der Waals surface area contributed by atoms with Crippen LogP contribution in [0, 0.1) is 34.5 Å². The summed E-state index contributed by atoms with van der Waals surface area (Å²) >= 11 is 0. The van der Waals surface area contributed by atoms with Crippen LogP contribution >= 0.6 is 0 Å². The van der Waals surface area contributed by atoms with Crippen LogP contribution in [0.2, 0.25) is 0 Å². The first-order valence-corrected chi connectivity index (χ1v) is 10.2. The molecule has 0 aromatic heterocycles. The predicted molar refractivity (Wildman–Crippen MR) is 95.8 cm³/mol. The van der Waals surface area contributed by atoms with E-state index in [-0.39, 0.29) is 42.3 Å². The topological polar surface area (TPSA) is 102 Å². The molecule has 0 amide bonds. The summed E-state index contributed by atoms with van der Waals surface area (Å²) in [6, 6.07) is 0. The Morgan fingerprint density at radius 3 is 2.82 bits per heavy atom. The fraction of sp³-hybridized carbons (Fsp3) is 0.810. The summed E-state index contributed by atoms with van der Waals surface area (Å²) in [5.41, 5.74) is -2.37. The number of hydrogen-bond acceptors (Lipinski definition) is 7. The molecule has 2 aliphatic heterocycles. The lowest BCUT2D eigenvalue weighted by Crippen LogP contribution is -2.74. The fourth-order valence-corrected chi connectivity index (χ4v) is 7.55. The van der Waals surface area contributed by atoms with E-state index in [1.165, 1.54) is 7.11 Å². The average Bonchev–Trinajstić information content (AvgIpc) is 2.92. The van der Waals surface area contributed by atoms with Crippen molar-refractivity contribution in [3.63, 3.8) is 0 Å². The molecule has 2 saturated heterocycles. The van der Waals surface area contributed by atoms with Crippen molar-refractivity contribution in [2.75, 3.05) is 13.7 Å². The van der Waals surface area contributed by atoms with Crippen LogP contribution in [0.1, 0.15) is 33.1 Å². The molecule has 10 atom stereocenters. The number of carbonyl (C=O) groups excluding carboxylic acids is 2. The number of ether oxygens (including phenoxy) is 3. The lowest BCUT2D eigenvalue weighted by molar-refractivity contribution is -0.254. The van der Waals surface area contributed by atoms with Crippen LogP contribution in [-0.2, 0) is 23.8 Å². The van der Waals surface area contributed by atoms with E-state index in [1.54, 1.807) is 0 Å². The molecule has 7 heteroatoms. The molecule has 2 heterocycles. The smallest absolute Gasteiger partial charge is 0.342 e. The van der Waals surface area contributed by atoms with Gasteiger partial charge in [-0.05, 0) is 30.1 Å². The fourth-order valence-electron chi connectivity index (χ4n) is 7.55. The van der Waals surface area contributed by atoms with Crippen molar-refractivity contribution in [1.29, 1.82) is 0 Å². The van der Waals surface area contributed by atoms with Gasteiger partial charge in [0.05, 0.1) is 32.3 Å². The molecule has 2 N–H and O–H groups in total. The first kappa shape index (κ1) is 18.6. The number of carbonyl (C=O) groups is 2. The maximum atomic E-state index is 12.8. The predicted octanol–water partition coefficient (Wildman–Crippen LogP) is 0.820. The zero-order valence-corrected chi connectivity index (χ0v) is 16.5. The minimum absolute atomic E-state index is 0.0663. The van der Waals surface area contributed by atoms with Gasteiger partial charge < -0.3 is 24.4 Å². The van der Waals surface area contributed by atoms with Crippen LogP contribution in [0.5, 0.6) is 0 Å². The lowest BCUT2D eigenvalue weighted by Gasteiger charge is -2.64. The van der Waals surface area contributed by atoms with Gasteiger partial charge in [0.25, 0.3) is 0 Å². The molecule has 0 radical (unpaired) electrons. The summed E-state index contributed by atoms with van der Waals surface area (Å²) in [7, 11) is 1.29. The number of esters is 2. The van der Waals surface area contributed by atoms with Crippen molar-refractivity contribution in [2.24, 2.45) is 34.5 Å². The van der Waals surface area contributed by atoms with Gasteiger partial charge in [-0.15, -0.1) is 0 Å². The number of fused-ring (bicyclic) bond motifs is 2. The van der Waals surface area contributed by atoms with E-state index in [9.17, 15) is 19.8 Å². The Morgan fingerprint density at radius 1 is 1.36 bits per heavy atom. The van der Waals surface area contributed by atoms with Gasteiger partial charge in [-0.3, -0.25) is 4.79 Å². The van der Waals surface area contributed by atoms with Gasteiger partial charge in [-0.25, -0.2) is 4.79 Å². The van der Waals surface area contributed by atoms with E-state index in [0.717, 1.165) is 6.42 Å². The molecule has 5 aliphatic rings. The molecule has 2 saturated carbocycles. The van der Waals surface area contributed by atoms with E-state index in [0.29, 0.717) is 6.42 Å². The van der Waals surface area contributed by atoms with Crippen molar-refractivity contribution in [2.45, 2.75) is 57.0 Å². The summed E-state index contributed by atoms with van der Waals surface area (Å²) in [6.07, 6.45) is 3.20.